The Morgan fingerprint density at radius 1 is 1.37 bits per heavy atom. The molecule has 3 atom stereocenters. The molecule has 1 aliphatic rings. The van der Waals surface area contributed by atoms with Crippen LogP contribution in [0.15, 0.2) is 0 Å². The number of hydrogen-bond donors (Lipinski definition) is 2. The lowest BCUT2D eigenvalue weighted by Gasteiger charge is -2.32. The Morgan fingerprint density at radius 2 is 2.16 bits per heavy atom. The minimum Gasteiger partial charge on any atom is -0.347 e. The van der Waals surface area contributed by atoms with Crippen molar-refractivity contribution in [1.82, 2.24) is 20.5 Å². The first-order chi connectivity index (χ1) is 9.10. The molecule has 2 N–H and O–H groups in total. The van der Waals surface area contributed by atoms with Crippen LogP contribution < -0.4 is 5.32 Å². The summed E-state index contributed by atoms with van der Waals surface area (Å²) in [7, 11) is 0. The minimum absolute atomic E-state index is 0.148. The van der Waals surface area contributed by atoms with Crippen LogP contribution in [0, 0.1) is 11.8 Å². The summed E-state index contributed by atoms with van der Waals surface area (Å²) in [6.07, 6.45) is 5.12. The van der Waals surface area contributed by atoms with Crippen LogP contribution in [0.1, 0.15) is 62.9 Å². The van der Waals surface area contributed by atoms with Gasteiger partial charge in [-0.25, -0.2) is 4.98 Å². The van der Waals surface area contributed by atoms with E-state index < -0.39 is 0 Å². The molecule has 0 radical (unpaired) electrons. The van der Waals surface area contributed by atoms with Gasteiger partial charge in [0.15, 0.2) is 0 Å². The molecule has 2 rings (SSSR count). The first-order valence-corrected chi connectivity index (χ1v) is 7.32. The third-order valence-corrected chi connectivity index (χ3v) is 4.16. The van der Waals surface area contributed by atoms with E-state index in [4.69, 9.17) is 0 Å². The van der Waals surface area contributed by atoms with E-state index in [1.54, 1.807) is 0 Å². The third kappa shape index (κ3) is 3.55. The molecule has 1 aliphatic carbocycles. The van der Waals surface area contributed by atoms with Crippen LogP contribution in [0.5, 0.6) is 0 Å². The number of rotatable bonds is 4. The molecule has 0 aliphatic heterocycles. The maximum atomic E-state index is 12.1. The monoisotopic (exact) mass is 264 g/mol. The molecule has 0 spiro atoms. The van der Waals surface area contributed by atoms with Gasteiger partial charge in [0.1, 0.15) is 5.82 Å². The number of hydrogen-bond acceptors (Lipinski definition) is 3. The highest BCUT2D eigenvalue weighted by molar-refractivity contribution is 5.90. The van der Waals surface area contributed by atoms with Gasteiger partial charge in [-0.2, -0.15) is 0 Å². The van der Waals surface area contributed by atoms with E-state index >= 15 is 0 Å². The Bertz CT molecular complexity index is 429. The van der Waals surface area contributed by atoms with Crippen molar-refractivity contribution >= 4 is 5.91 Å². The van der Waals surface area contributed by atoms with Gasteiger partial charge in [-0.3, -0.25) is 9.89 Å². The van der Waals surface area contributed by atoms with Crippen LogP contribution in [0.25, 0.3) is 0 Å². The molecule has 0 aromatic carbocycles. The number of aromatic nitrogens is 3. The summed E-state index contributed by atoms with van der Waals surface area (Å²) >= 11 is 0. The second-order valence-electron chi connectivity index (χ2n) is 5.79. The minimum atomic E-state index is -0.148. The van der Waals surface area contributed by atoms with Gasteiger partial charge in [0.2, 0.25) is 5.82 Å². The third-order valence-electron chi connectivity index (χ3n) is 4.16. The molecule has 1 fully saturated rings. The Kier molecular flexibility index (Phi) is 4.56. The van der Waals surface area contributed by atoms with Crippen LogP contribution in [-0.4, -0.2) is 27.1 Å². The average Bonchev–Trinajstić information content (AvgIpc) is 2.83. The normalized spacial score (nSPS) is 27.2. The topological polar surface area (TPSA) is 70.7 Å². The molecule has 0 bridgehead atoms. The number of amides is 1. The highest BCUT2D eigenvalue weighted by Gasteiger charge is 2.26. The standard InChI is InChI=1S/C14H24N4O/c1-4-5-12-16-13(18-17-12)14(19)15-11-7-6-9(2)10(3)8-11/h9-11H,4-8H2,1-3H3,(H,15,19)(H,16,17,18). The Labute approximate surface area is 114 Å². The van der Waals surface area contributed by atoms with Gasteiger partial charge >= 0.3 is 0 Å². The van der Waals surface area contributed by atoms with Crippen molar-refractivity contribution in [1.29, 1.82) is 0 Å². The molecule has 5 heteroatoms. The molecule has 0 saturated heterocycles. The van der Waals surface area contributed by atoms with Crippen LogP contribution in [0.2, 0.25) is 0 Å². The smallest absolute Gasteiger partial charge is 0.291 e. The lowest BCUT2D eigenvalue weighted by Crippen LogP contribution is -2.40. The van der Waals surface area contributed by atoms with Gasteiger partial charge in [-0.05, 0) is 37.5 Å². The molecule has 1 amide bonds. The van der Waals surface area contributed by atoms with E-state index in [9.17, 15) is 4.79 Å². The maximum absolute atomic E-state index is 12.1. The molecule has 5 nitrogen and oxygen atoms in total. The lowest BCUT2D eigenvalue weighted by atomic mass is 9.79. The fraction of sp³-hybridized carbons (Fsp3) is 0.786. The maximum Gasteiger partial charge on any atom is 0.291 e. The van der Waals surface area contributed by atoms with Crippen LogP contribution in [0.3, 0.4) is 0 Å². The number of nitrogens with one attached hydrogen (secondary N) is 2. The number of aryl methyl sites for hydroxylation is 1. The van der Waals surface area contributed by atoms with Crippen LogP contribution in [-0.2, 0) is 6.42 Å². The van der Waals surface area contributed by atoms with E-state index in [1.165, 1.54) is 6.42 Å². The van der Waals surface area contributed by atoms with Crippen molar-refractivity contribution in [3.8, 4) is 0 Å². The van der Waals surface area contributed by atoms with Crippen molar-refractivity contribution in [2.45, 2.75) is 58.9 Å². The van der Waals surface area contributed by atoms with E-state index in [0.717, 1.165) is 37.4 Å². The zero-order valence-electron chi connectivity index (χ0n) is 12.1. The molecular formula is C14H24N4O. The lowest BCUT2D eigenvalue weighted by molar-refractivity contribution is 0.0900. The summed E-state index contributed by atoms with van der Waals surface area (Å²) in [6, 6.07) is 0.270. The van der Waals surface area contributed by atoms with Crippen molar-refractivity contribution in [2.24, 2.45) is 11.8 Å². The van der Waals surface area contributed by atoms with Gasteiger partial charge in [0, 0.05) is 12.5 Å². The number of aromatic amines is 1. The average molecular weight is 264 g/mol. The number of nitrogens with zero attached hydrogens (tertiary/aromatic N) is 2. The summed E-state index contributed by atoms with van der Waals surface area (Å²) < 4.78 is 0. The van der Waals surface area contributed by atoms with E-state index in [2.05, 4.69) is 41.3 Å². The van der Waals surface area contributed by atoms with Gasteiger partial charge in [0.05, 0.1) is 0 Å². The first kappa shape index (κ1) is 14.0. The fourth-order valence-electron chi connectivity index (χ4n) is 2.67. The summed E-state index contributed by atoms with van der Waals surface area (Å²) in [5.41, 5.74) is 0. The molecule has 1 aromatic heterocycles. The SMILES string of the molecule is CCCc1nc(C(=O)NC2CCC(C)C(C)C2)n[nH]1. The summed E-state index contributed by atoms with van der Waals surface area (Å²) in [5.74, 6) is 2.34. The van der Waals surface area contributed by atoms with Gasteiger partial charge < -0.3 is 5.32 Å². The van der Waals surface area contributed by atoms with Crippen LogP contribution >= 0.6 is 0 Å². The Morgan fingerprint density at radius 3 is 2.84 bits per heavy atom. The molecule has 3 unspecified atom stereocenters. The van der Waals surface area contributed by atoms with Crippen molar-refractivity contribution in [2.75, 3.05) is 0 Å². The first-order valence-electron chi connectivity index (χ1n) is 7.32. The van der Waals surface area contributed by atoms with Crippen molar-refractivity contribution in [3.05, 3.63) is 11.6 Å². The quantitative estimate of drug-likeness (QED) is 0.876. The number of carbonyl (C=O) groups excluding carboxylic acids is 1. The Balaban J connectivity index is 1.89. The second-order valence-corrected chi connectivity index (χ2v) is 5.79. The zero-order valence-corrected chi connectivity index (χ0v) is 12.1. The molecule has 1 heterocycles. The molecule has 106 valence electrons. The highest BCUT2D eigenvalue weighted by atomic mass is 16.2. The van der Waals surface area contributed by atoms with Gasteiger partial charge in [-0.15, -0.1) is 5.10 Å². The highest BCUT2D eigenvalue weighted by Crippen LogP contribution is 2.29. The zero-order chi connectivity index (χ0) is 13.8. The van der Waals surface area contributed by atoms with Gasteiger partial charge in [-0.1, -0.05) is 20.8 Å². The summed E-state index contributed by atoms with van der Waals surface area (Å²) in [4.78, 5) is 16.3. The van der Waals surface area contributed by atoms with Crippen LogP contribution in [0.4, 0.5) is 0 Å². The summed E-state index contributed by atoms with van der Waals surface area (Å²) in [6.45, 7) is 6.62. The van der Waals surface area contributed by atoms with E-state index in [1.807, 2.05) is 0 Å². The Hall–Kier alpha value is -1.39. The van der Waals surface area contributed by atoms with Crippen molar-refractivity contribution in [3.63, 3.8) is 0 Å². The van der Waals surface area contributed by atoms with Crippen molar-refractivity contribution < 1.29 is 4.79 Å². The van der Waals surface area contributed by atoms with E-state index in [0.29, 0.717) is 5.92 Å². The summed E-state index contributed by atoms with van der Waals surface area (Å²) in [5, 5.41) is 9.86. The number of H-pyrrole nitrogens is 1. The molecular weight excluding hydrogens is 240 g/mol. The predicted octanol–water partition coefficient (Wildman–Crippen LogP) is 2.31. The predicted molar refractivity (Wildman–Crippen MR) is 73.8 cm³/mol. The molecule has 19 heavy (non-hydrogen) atoms. The fourth-order valence-corrected chi connectivity index (χ4v) is 2.67. The second kappa shape index (κ2) is 6.17. The van der Waals surface area contributed by atoms with Gasteiger partial charge in [0.25, 0.3) is 5.91 Å². The van der Waals surface area contributed by atoms with E-state index in [-0.39, 0.29) is 17.8 Å². The largest absolute Gasteiger partial charge is 0.347 e. The number of carbonyl (C=O) groups is 1. The molecule has 1 aromatic rings. The molecule has 1 saturated carbocycles.